The van der Waals surface area contributed by atoms with E-state index >= 15 is 0 Å². The first kappa shape index (κ1) is 19.7. The zero-order valence-corrected chi connectivity index (χ0v) is 16.4. The molecule has 4 heteroatoms. The van der Waals surface area contributed by atoms with Crippen molar-refractivity contribution in [2.75, 3.05) is 0 Å². The summed E-state index contributed by atoms with van der Waals surface area (Å²) >= 11 is 6.04. The number of hydrogen-bond acceptors (Lipinski definition) is 2. The molecule has 140 valence electrons. The van der Waals surface area contributed by atoms with E-state index in [2.05, 4.69) is 6.07 Å². The van der Waals surface area contributed by atoms with Crippen molar-refractivity contribution in [1.29, 1.82) is 5.26 Å². The molecule has 0 aliphatic carbocycles. The minimum absolute atomic E-state index is 0.264. The van der Waals surface area contributed by atoms with Gasteiger partial charge in [0.25, 0.3) is 0 Å². The largest absolute Gasteiger partial charge is 0.488 e. The van der Waals surface area contributed by atoms with Crippen LogP contribution >= 0.6 is 11.6 Å². The number of nitriles is 1. The van der Waals surface area contributed by atoms with E-state index in [1.54, 1.807) is 24.3 Å². The number of nitrogens with zero attached hydrogens (tertiary/aromatic N) is 1. The Balaban J connectivity index is 1.84. The lowest BCUT2D eigenvalue weighted by molar-refractivity contribution is 0.302. The summed E-state index contributed by atoms with van der Waals surface area (Å²) in [6.07, 6.45) is 1.84. The fourth-order valence-corrected chi connectivity index (χ4v) is 3.22. The third kappa shape index (κ3) is 4.79. The van der Waals surface area contributed by atoms with Crippen LogP contribution in [0, 0.1) is 31.0 Å². The maximum Gasteiger partial charge on any atom is 0.125 e. The van der Waals surface area contributed by atoms with Crippen LogP contribution in [-0.2, 0) is 6.61 Å². The topological polar surface area (TPSA) is 33.0 Å². The van der Waals surface area contributed by atoms with Crippen LogP contribution in [0.5, 0.6) is 5.75 Å². The highest BCUT2D eigenvalue weighted by Gasteiger charge is 2.08. The Hall–Kier alpha value is -3.09. The van der Waals surface area contributed by atoms with Gasteiger partial charge in [-0.2, -0.15) is 5.26 Å². The van der Waals surface area contributed by atoms with Crippen LogP contribution < -0.4 is 4.74 Å². The molecule has 0 heterocycles. The minimum atomic E-state index is -0.264. The molecule has 0 aliphatic heterocycles. The molecule has 3 rings (SSSR count). The number of allylic oxidation sites excluding steroid dienone is 1. The van der Waals surface area contributed by atoms with Gasteiger partial charge in [-0.3, -0.25) is 0 Å². The molecule has 0 aromatic heterocycles. The van der Waals surface area contributed by atoms with Gasteiger partial charge in [-0.05, 0) is 84.1 Å². The summed E-state index contributed by atoms with van der Waals surface area (Å²) in [4.78, 5) is 0. The van der Waals surface area contributed by atoms with Gasteiger partial charge in [0.05, 0.1) is 11.6 Å². The standard InChI is InChI=1S/C24H19ClFNO/c1-16-10-19(12-21(14-27)20-4-3-5-22(25)13-20)11-17(2)24(16)28-15-18-6-8-23(26)9-7-18/h3-13H,15H2,1-2H3/b21-12+. The van der Waals surface area contributed by atoms with Crippen LogP contribution in [0.1, 0.15) is 27.8 Å². The van der Waals surface area contributed by atoms with Crippen LogP contribution in [0.2, 0.25) is 5.02 Å². The Labute approximate surface area is 169 Å². The highest BCUT2D eigenvalue weighted by atomic mass is 35.5. The Morgan fingerprint density at radius 1 is 1.07 bits per heavy atom. The molecule has 0 spiro atoms. The number of ether oxygens (including phenoxy) is 1. The SMILES string of the molecule is Cc1cc(/C=C(\C#N)c2cccc(Cl)c2)cc(C)c1OCc1ccc(F)cc1. The molecule has 3 aromatic rings. The normalized spacial score (nSPS) is 11.2. The monoisotopic (exact) mass is 391 g/mol. The summed E-state index contributed by atoms with van der Waals surface area (Å²) in [5, 5.41) is 10.1. The van der Waals surface area contributed by atoms with E-state index in [1.165, 1.54) is 12.1 Å². The van der Waals surface area contributed by atoms with Gasteiger partial charge in [0.1, 0.15) is 18.2 Å². The molecule has 0 amide bonds. The highest BCUT2D eigenvalue weighted by Crippen LogP contribution is 2.28. The molecule has 0 radical (unpaired) electrons. The lowest BCUT2D eigenvalue weighted by Crippen LogP contribution is -1.99. The molecule has 2 nitrogen and oxygen atoms in total. The predicted octanol–water partition coefficient (Wildman–Crippen LogP) is 6.74. The first-order valence-corrected chi connectivity index (χ1v) is 9.20. The molecule has 0 fully saturated rings. The fraction of sp³-hybridized carbons (Fsp3) is 0.125. The maximum atomic E-state index is 13.0. The average molecular weight is 392 g/mol. The smallest absolute Gasteiger partial charge is 0.125 e. The second-order valence-electron chi connectivity index (χ2n) is 6.58. The third-order valence-corrected chi connectivity index (χ3v) is 4.58. The van der Waals surface area contributed by atoms with E-state index in [4.69, 9.17) is 16.3 Å². The zero-order chi connectivity index (χ0) is 20.1. The van der Waals surface area contributed by atoms with Gasteiger partial charge in [0, 0.05) is 5.02 Å². The minimum Gasteiger partial charge on any atom is -0.488 e. The van der Waals surface area contributed by atoms with Gasteiger partial charge >= 0.3 is 0 Å². The quantitative estimate of drug-likeness (QED) is 0.356. The fourth-order valence-electron chi connectivity index (χ4n) is 3.03. The molecule has 0 bridgehead atoms. The summed E-state index contributed by atoms with van der Waals surface area (Å²) in [6.45, 7) is 4.30. The van der Waals surface area contributed by atoms with E-state index in [0.29, 0.717) is 17.2 Å². The van der Waals surface area contributed by atoms with Gasteiger partial charge in [0.15, 0.2) is 0 Å². The number of halogens is 2. The van der Waals surface area contributed by atoms with Crippen molar-refractivity contribution in [3.8, 4) is 11.8 Å². The van der Waals surface area contributed by atoms with Crippen molar-refractivity contribution in [2.45, 2.75) is 20.5 Å². The van der Waals surface area contributed by atoms with E-state index in [-0.39, 0.29) is 5.82 Å². The number of hydrogen-bond donors (Lipinski definition) is 0. The molecular weight excluding hydrogens is 373 g/mol. The van der Waals surface area contributed by atoms with Crippen LogP contribution in [0.25, 0.3) is 11.6 Å². The van der Waals surface area contributed by atoms with Gasteiger partial charge in [-0.1, -0.05) is 35.9 Å². The van der Waals surface area contributed by atoms with Crippen molar-refractivity contribution < 1.29 is 9.13 Å². The van der Waals surface area contributed by atoms with Crippen molar-refractivity contribution >= 4 is 23.3 Å². The molecule has 3 aromatic carbocycles. The molecule has 0 unspecified atom stereocenters. The van der Waals surface area contributed by atoms with Crippen LogP contribution in [0.15, 0.2) is 60.7 Å². The zero-order valence-electron chi connectivity index (χ0n) is 15.7. The van der Waals surface area contributed by atoms with E-state index in [9.17, 15) is 9.65 Å². The lowest BCUT2D eigenvalue weighted by atomic mass is 10.0. The lowest BCUT2D eigenvalue weighted by Gasteiger charge is -2.13. The molecule has 0 atom stereocenters. The van der Waals surface area contributed by atoms with Gasteiger partial charge in [0.2, 0.25) is 0 Å². The van der Waals surface area contributed by atoms with E-state index < -0.39 is 0 Å². The second-order valence-corrected chi connectivity index (χ2v) is 7.02. The Bertz CT molecular complexity index is 1040. The Kier molecular flexibility index (Phi) is 6.13. The van der Waals surface area contributed by atoms with Crippen molar-refractivity contribution in [3.05, 3.63) is 99.3 Å². The van der Waals surface area contributed by atoms with Crippen LogP contribution in [-0.4, -0.2) is 0 Å². The molecular formula is C24H19ClFNO. The third-order valence-electron chi connectivity index (χ3n) is 4.35. The first-order valence-electron chi connectivity index (χ1n) is 8.82. The summed E-state index contributed by atoms with van der Waals surface area (Å²) < 4.78 is 19.0. The summed E-state index contributed by atoms with van der Waals surface area (Å²) in [7, 11) is 0. The van der Waals surface area contributed by atoms with Gasteiger partial charge < -0.3 is 4.74 Å². The van der Waals surface area contributed by atoms with E-state index in [1.807, 2.05) is 44.2 Å². The van der Waals surface area contributed by atoms with Crippen molar-refractivity contribution in [3.63, 3.8) is 0 Å². The number of rotatable bonds is 5. The van der Waals surface area contributed by atoms with Crippen LogP contribution in [0.3, 0.4) is 0 Å². The summed E-state index contributed by atoms with van der Waals surface area (Å²) in [5.74, 6) is 0.531. The molecule has 0 aliphatic rings. The maximum absolute atomic E-state index is 13.0. The molecule has 0 saturated heterocycles. The second kappa shape index (κ2) is 8.73. The Morgan fingerprint density at radius 3 is 2.36 bits per heavy atom. The first-order chi connectivity index (χ1) is 13.5. The summed E-state index contributed by atoms with van der Waals surface area (Å²) in [6, 6.07) is 19.7. The highest BCUT2D eigenvalue weighted by molar-refractivity contribution is 6.30. The van der Waals surface area contributed by atoms with Gasteiger partial charge in [-0.15, -0.1) is 0 Å². The average Bonchev–Trinajstić information content (AvgIpc) is 2.67. The van der Waals surface area contributed by atoms with Gasteiger partial charge in [-0.25, -0.2) is 4.39 Å². The predicted molar refractivity (Wildman–Crippen MR) is 112 cm³/mol. The van der Waals surface area contributed by atoms with Crippen LogP contribution in [0.4, 0.5) is 4.39 Å². The molecule has 28 heavy (non-hydrogen) atoms. The summed E-state index contributed by atoms with van der Waals surface area (Å²) in [5.41, 5.74) is 5.08. The molecule has 0 saturated carbocycles. The number of aryl methyl sites for hydroxylation is 2. The number of benzene rings is 3. The van der Waals surface area contributed by atoms with Crippen molar-refractivity contribution in [2.24, 2.45) is 0 Å². The molecule has 0 N–H and O–H groups in total. The van der Waals surface area contributed by atoms with E-state index in [0.717, 1.165) is 33.6 Å². The van der Waals surface area contributed by atoms with Crippen molar-refractivity contribution in [1.82, 2.24) is 0 Å². The Morgan fingerprint density at radius 2 is 1.75 bits per heavy atom.